The number of carbonyl (C=O) groups excluding carboxylic acids is 3. The maximum Gasteiger partial charge on any atom is 0.319 e. The van der Waals surface area contributed by atoms with Crippen LogP contribution in [-0.4, -0.2) is 42.3 Å². The Balaban J connectivity index is 1.68. The van der Waals surface area contributed by atoms with Crippen molar-refractivity contribution >= 4 is 17.7 Å². The van der Waals surface area contributed by atoms with Crippen LogP contribution in [0.25, 0.3) is 0 Å². The number of amides is 1. The summed E-state index contributed by atoms with van der Waals surface area (Å²) in [5, 5.41) is 0. The molecule has 2 rings (SSSR count). The van der Waals surface area contributed by atoms with E-state index in [0.29, 0.717) is 17.2 Å². The van der Waals surface area contributed by atoms with Gasteiger partial charge in [-0.25, -0.2) is 0 Å². The van der Waals surface area contributed by atoms with Gasteiger partial charge in [-0.15, -0.1) is 0 Å². The summed E-state index contributed by atoms with van der Waals surface area (Å²) in [6, 6.07) is 4.81. The number of fused-ring (bicyclic) bond motifs is 1. The fourth-order valence-electron chi connectivity index (χ4n) is 5.93. The molecular weight excluding hydrogens is 538 g/mol. The lowest BCUT2D eigenvalue weighted by Gasteiger charge is -2.27. The quantitative estimate of drug-likeness (QED) is 0.0459. The molecule has 0 fully saturated rings. The van der Waals surface area contributed by atoms with Crippen LogP contribution >= 0.6 is 0 Å². The van der Waals surface area contributed by atoms with Crippen LogP contribution < -0.4 is 9.47 Å². The Kier molecular flexibility index (Phi) is 19.8. The lowest BCUT2D eigenvalue weighted by atomic mass is 9.98. The predicted molar refractivity (Wildman–Crippen MR) is 176 cm³/mol. The van der Waals surface area contributed by atoms with Crippen molar-refractivity contribution in [1.82, 2.24) is 4.90 Å². The van der Waals surface area contributed by atoms with Gasteiger partial charge in [0.2, 0.25) is 0 Å². The zero-order valence-corrected chi connectivity index (χ0v) is 27.8. The minimum Gasteiger partial charge on any atom is -0.484 e. The predicted octanol–water partition coefficient (Wildman–Crippen LogP) is 9.86. The van der Waals surface area contributed by atoms with Gasteiger partial charge in [0.05, 0.1) is 5.56 Å². The SMILES string of the molecule is CCCCCCCCCCCCCCCCCCN(CC(CC)CCCC)C(=O)COc1ccc2c(c1)OC(=O)CC2=O. The minimum absolute atomic E-state index is 0.0123. The molecule has 0 aliphatic carbocycles. The molecule has 0 N–H and O–H groups in total. The van der Waals surface area contributed by atoms with Crippen molar-refractivity contribution in [1.29, 1.82) is 0 Å². The molecule has 1 amide bonds. The summed E-state index contributed by atoms with van der Waals surface area (Å²) in [5.41, 5.74) is 0.380. The topological polar surface area (TPSA) is 72.9 Å². The van der Waals surface area contributed by atoms with Crippen molar-refractivity contribution in [3.05, 3.63) is 23.8 Å². The number of esters is 1. The Labute approximate surface area is 262 Å². The molecule has 0 radical (unpaired) electrons. The molecular formula is C37H61NO5. The van der Waals surface area contributed by atoms with Gasteiger partial charge in [-0.3, -0.25) is 14.4 Å². The summed E-state index contributed by atoms with van der Waals surface area (Å²) in [5.74, 6) is 0.308. The highest BCUT2D eigenvalue weighted by molar-refractivity contribution is 6.11. The third kappa shape index (κ3) is 15.8. The van der Waals surface area contributed by atoms with Gasteiger partial charge in [0.1, 0.15) is 17.9 Å². The highest BCUT2D eigenvalue weighted by atomic mass is 16.5. The number of nitrogens with zero attached hydrogens (tertiary/aromatic N) is 1. The maximum atomic E-state index is 13.3. The molecule has 0 spiro atoms. The monoisotopic (exact) mass is 599 g/mol. The molecule has 1 unspecified atom stereocenters. The summed E-state index contributed by atoms with van der Waals surface area (Å²) < 4.78 is 11.0. The first-order valence-electron chi connectivity index (χ1n) is 17.8. The lowest BCUT2D eigenvalue weighted by Crippen LogP contribution is -2.39. The molecule has 0 saturated heterocycles. The van der Waals surface area contributed by atoms with Crippen LogP contribution in [0.4, 0.5) is 0 Å². The van der Waals surface area contributed by atoms with Crippen molar-refractivity contribution in [3.63, 3.8) is 0 Å². The Morgan fingerprint density at radius 3 is 1.91 bits per heavy atom. The Morgan fingerprint density at radius 1 is 0.791 bits per heavy atom. The molecule has 6 nitrogen and oxygen atoms in total. The number of carbonyl (C=O) groups is 3. The van der Waals surface area contributed by atoms with Gasteiger partial charge in [-0.05, 0) is 30.9 Å². The normalized spacial score (nSPS) is 13.5. The largest absolute Gasteiger partial charge is 0.484 e. The Hall–Kier alpha value is -2.37. The molecule has 1 aliphatic heterocycles. The van der Waals surface area contributed by atoms with E-state index in [4.69, 9.17) is 9.47 Å². The molecule has 1 aromatic carbocycles. The molecule has 43 heavy (non-hydrogen) atoms. The molecule has 0 saturated carbocycles. The van der Waals surface area contributed by atoms with Crippen molar-refractivity contribution in [2.45, 2.75) is 156 Å². The van der Waals surface area contributed by atoms with E-state index in [-0.39, 0.29) is 30.5 Å². The average Bonchev–Trinajstić information content (AvgIpc) is 3.00. The van der Waals surface area contributed by atoms with Crippen LogP contribution in [-0.2, 0) is 9.59 Å². The summed E-state index contributed by atoms with van der Waals surface area (Å²) in [7, 11) is 0. The van der Waals surface area contributed by atoms with E-state index in [2.05, 4.69) is 20.8 Å². The summed E-state index contributed by atoms with van der Waals surface area (Å²) >= 11 is 0. The smallest absolute Gasteiger partial charge is 0.319 e. The highest BCUT2D eigenvalue weighted by Crippen LogP contribution is 2.29. The summed E-state index contributed by atoms with van der Waals surface area (Å²) in [6.07, 6.45) is 25.6. The van der Waals surface area contributed by atoms with Gasteiger partial charge in [0, 0.05) is 19.2 Å². The van der Waals surface area contributed by atoms with Gasteiger partial charge in [-0.2, -0.15) is 0 Å². The van der Waals surface area contributed by atoms with E-state index in [1.807, 2.05) is 4.90 Å². The fraction of sp³-hybridized carbons (Fsp3) is 0.757. The second-order valence-corrected chi connectivity index (χ2v) is 12.6. The van der Waals surface area contributed by atoms with Gasteiger partial charge in [-0.1, -0.05) is 136 Å². The second kappa shape index (κ2) is 23.1. The van der Waals surface area contributed by atoms with Gasteiger partial charge >= 0.3 is 5.97 Å². The van der Waals surface area contributed by atoms with E-state index in [0.717, 1.165) is 45.2 Å². The number of ether oxygens (including phenoxy) is 2. The highest BCUT2D eigenvalue weighted by Gasteiger charge is 2.25. The van der Waals surface area contributed by atoms with Gasteiger partial charge in [0.25, 0.3) is 5.91 Å². The Bertz CT molecular complexity index is 930. The molecule has 0 aromatic heterocycles. The molecule has 1 heterocycles. The van der Waals surface area contributed by atoms with Crippen LogP contribution in [0.1, 0.15) is 166 Å². The van der Waals surface area contributed by atoms with Gasteiger partial charge < -0.3 is 14.4 Å². The first-order valence-corrected chi connectivity index (χ1v) is 17.8. The molecule has 1 aromatic rings. The van der Waals surface area contributed by atoms with Crippen molar-refractivity contribution in [2.24, 2.45) is 5.92 Å². The standard InChI is InChI=1S/C37H61NO5/c1-4-7-9-10-11-12-13-14-15-16-17-18-19-20-21-22-26-38(29-31(6-3)23-8-5-2)36(40)30-42-32-24-25-33-34(39)28-37(41)43-35(33)27-32/h24-25,27,31H,4-23,26,28-30H2,1-3H3. The molecule has 1 atom stereocenters. The third-order valence-electron chi connectivity index (χ3n) is 8.80. The fourth-order valence-corrected chi connectivity index (χ4v) is 5.93. The number of hydrogen-bond acceptors (Lipinski definition) is 5. The van der Waals surface area contributed by atoms with Crippen LogP contribution in [0, 0.1) is 5.92 Å². The van der Waals surface area contributed by atoms with Crippen LogP contribution in [0.15, 0.2) is 18.2 Å². The number of hydrogen-bond donors (Lipinski definition) is 0. The van der Waals surface area contributed by atoms with E-state index in [1.165, 1.54) is 102 Å². The van der Waals surface area contributed by atoms with E-state index < -0.39 is 5.97 Å². The Morgan fingerprint density at radius 2 is 1.35 bits per heavy atom. The number of ketones is 1. The van der Waals surface area contributed by atoms with Crippen LogP contribution in [0.5, 0.6) is 11.5 Å². The zero-order chi connectivity index (χ0) is 31.1. The van der Waals surface area contributed by atoms with Gasteiger partial charge in [0.15, 0.2) is 12.4 Å². The van der Waals surface area contributed by atoms with Crippen molar-refractivity contribution in [3.8, 4) is 11.5 Å². The number of rotatable bonds is 26. The van der Waals surface area contributed by atoms with Crippen molar-refractivity contribution in [2.75, 3.05) is 19.7 Å². The third-order valence-corrected chi connectivity index (χ3v) is 8.80. The zero-order valence-electron chi connectivity index (χ0n) is 27.8. The number of unbranched alkanes of at least 4 members (excludes halogenated alkanes) is 16. The first kappa shape index (κ1) is 36.8. The molecule has 0 bridgehead atoms. The average molecular weight is 600 g/mol. The second-order valence-electron chi connectivity index (χ2n) is 12.6. The van der Waals surface area contributed by atoms with Crippen LogP contribution in [0.3, 0.4) is 0 Å². The number of benzene rings is 1. The maximum absolute atomic E-state index is 13.3. The first-order chi connectivity index (χ1) is 21.0. The molecule has 6 heteroatoms. The molecule has 1 aliphatic rings. The van der Waals surface area contributed by atoms with E-state index in [9.17, 15) is 14.4 Å². The summed E-state index contributed by atoms with van der Waals surface area (Å²) in [4.78, 5) is 39.0. The van der Waals surface area contributed by atoms with E-state index >= 15 is 0 Å². The van der Waals surface area contributed by atoms with Crippen LogP contribution in [0.2, 0.25) is 0 Å². The number of Topliss-reactive ketones (excluding diaryl/α,β-unsaturated/α-hetero) is 1. The van der Waals surface area contributed by atoms with Crippen molar-refractivity contribution < 1.29 is 23.9 Å². The lowest BCUT2D eigenvalue weighted by molar-refractivity contribution is -0.135. The molecule has 244 valence electrons. The minimum atomic E-state index is -0.562. The van der Waals surface area contributed by atoms with E-state index in [1.54, 1.807) is 12.1 Å². The summed E-state index contributed by atoms with van der Waals surface area (Å²) in [6.45, 7) is 8.17.